The van der Waals surface area contributed by atoms with Gasteiger partial charge in [-0.25, -0.2) is 0 Å². The molecule has 0 saturated carbocycles. The van der Waals surface area contributed by atoms with Gasteiger partial charge in [0.15, 0.2) is 0 Å². The van der Waals surface area contributed by atoms with Gasteiger partial charge in [0.2, 0.25) is 0 Å². The third-order valence-corrected chi connectivity index (χ3v) is 3.72. The Kier molecular flexibility index (Phi) is 3.85. The van der Waals surface area contributed by atoms with Crippen molar-refractivity contribution in [3.8, 4) is 0 Å². The number of rotatable bonds is 3. The molecule has 0 bridgehead atoms. The lowest BCUT2D eigenvalue weighted by Crippen LogP contribution is -2.10. The monoisotopic (exact) mass is 253 g/mol. The molecule has 4 heteroatoms. The lowest BCUT2D eigenvalue weighted by atomic mass is 10.4. The highest BCUT2D eigenvalue weighted by atomic mass is 79.9. The van der Waals surface area contributed by atoms with Crippen molar-refractivity contribution >= 4 is 38.9 Å². The van der Waals surface area contributed by atoms with Crippen LogP contribution in [-0.4, -0.2) is 6.54 Å². The van der Waals surface area contributed by atoms with Crippen molar-refractivity contribution in [1.29, 1.82) is 0 Å². The molecule has 0 fully saturated rings. The Hall–Kier alpha value is 0.430. The molecule has 1 aromatic rings. The standard InChI is InChI=1S/C7H9BrClNS/c1-2-10-4-5-3-6(9)7(8)11-5/h3,10H,2,4H2,1H3. The van der Waals surface area contributed by atoms with Crippen molar-refractivity contribution in [3.05, 3.63) is 19.8 Å². The zero-order valence-electron chi connectivity index (χ0n) is 6.16. The smallest absolute Gasteiger partial charge is 0.0887 e. The summed E-state index contributed by atoms with van der Waals surface area (Å²) in [5.74, 6) is 0. The second-order valence-electron chi connectivity index (χ2n) is 2.11. The van der Waals surface area contributed by atoms with Gasteiger partial charge in [-0.05, 0) is 28.5 Å². The minimum atomic E-state index is 0.808. The van der Waals surface area contributed by atoms with Gasteiger partial charge in [-0.15, -0.1) is 11.3 Å². The third kappa shape index (κ3) is 2.75. The predicted molar refractivity (Wildman–Crippen MR) is 54.4 cm³/mol. The van der Waals surface area contributed by atoms with Crippen LogP contribution in [0.4, 0.5) is 0 Å². The molecular weight excluding hydrogens is 246 g/mol. The summed E-state index contributed by atoms with van der Waals surface area (Å²) in [5, 5.41) is 4.04. The first-order chi connectivity index (χ1) is 5.24. The number of thiophene rings is 1. The quantitative estimate of drug-likeness (QED) is 0.873. The summed E-state index contributed by atoms with van der Waals surface area (Å²) in [6, 6.07) is 1.99. The highest BCUT2D eigenvalue weighted by molar-refractivity contribution is 9.11. The fraction of sp³-hybridized carbons (Fsp3) is 0.429. The molecule has 0 aliphatic rings. The van der Waals surface area contributed by atoms with E-state index < -0.39 is 0 Å². The average Bonchev–Trinajstić information content (AvgIpc) is 2.28. The summed E-state index contributed by atoms with van der Waals surface area (Å²) >= 11 is 10.9. The van der Waals surface area contributed by atoms with Gasteiger partial charge in [0, 0.05) is 11.4 Å². The number of hydrogen-bond donors (Lipinski definition) is 1. The third-order valence-electron chi connectivity index (χ3n) is 1.25. The maximum Gasteiger partial charge on any atom is 0.0887 e. The van der Waals surface area contributed by atoms with E-state index >= 15 is 0 Å². The Bertz CT molecular complexity index is 217. The second-order valence-corrected chi connectivity index (χ2v) is 4.98. The first kappa shape index (κ1) is 9.52. The molecule has 11 heavy (non-hydrogen) atoms. The van der Waals surface area contributed by atoms with E-state index in [9.17, 15) is 0 Å². The molecular formula is C7H9BrClNS. The summed E-state index contributed by atoms with van der Waals surface area (Å²) in [4.78, 5) is 1.27. The minimum Gasteiger partial charge on any atom is -0.312 e. The average molecular weight is 255 g/mol. The highest BCUT2D eigenvalue weighted by Gasteiger charge is 2.02. The highest BCUT2D eigenvalue weighted by Crippen LogP contribution is 2.31. The van der Waals surface area contributed by atoms with E-state index in [0.717, 1.165) is 21.9 Å². The lowest BCUT2D eigenvalue weighted by molar-refractivity contribution is 0.735. The van der Waals surface area contributed by atoms with Crippen molar-refractivity contribution in [3.63, 3.8) is 0 Å². The molecule has 62 valence electrons. The van der Waals surface area contributed by atoms with E-state index in [1.54, 1.807) is 11.3 Å². The molecule has 0 aromatic carbocycles. The maximum absolute atomic E-state index is 5.84. The molecule has 0 amide bonds. The van der Waals surface area contributed by atoms with Crippen LogP contribution in [0.5, 0.6) is 0 Å². The molecule has 0 unspecified atom stereocenters. The Morgan fingerprint density at radius 2 is 2.45 bits per heavy atom. The molecule has 0 aliphatic carbocycles. The van der Waals surface area contributed by atoms with Crippen LogP contribution in [0.1, 0.15) is 11.8 Å². The fourth-order valence-electron chi connectivity index (χ4n) is 0.727. The van der Waals surface area contributed by atoms with Gasteiger partial charge in [0.25, 0.3) is 0 Å². The summed E-state index contributed by atoms with van der Waals surface area (Å²) in [5.41, 5.74) is 0. The molecule has 0 saturated heterocycles. The second kappa shape index (κ2) is 4.45. The molecule has 0 spiro atoms. The number of halogens is 2. The molecule has 1 heterocycles. The predicted octanol–water partition coefficient (Wildman–Crippen LogP) is 3.27. The van der Waals surface area contributed by atoms with Gasteiger partial charge in [-0.3, -0.25) is 0 Å². The van der Waals surface area contributed by atoms with E-state index in [0.29, 0.717) is 0 Å². The van der Waals surface area contributed by atoms with Crippen molar-refractivity contribution in [2.75, 3.05) is 6.54 Å². The Morgan fingerprint density at radius 1 is 1.73 bits per heavy atom. The summed E-state index contributed by atoms with van der Waals surface area (Å²) < 4.78 is 1.02. The van der Waals surface area contributed by atoms with E-state index in [4.69, 9.17) is 11.6 Å². The molecule has 0 atom stereocenters. The van der Waals surface area contributed by atoms with E-state index in [-0.39, 0.29) is 0 Å². The van der Waals surface area contributed by atoms with Crippen molar-refractivity contribution in [1.82, 2.24) is 5.32 Å². The van der Waals surface area contributed by atoms with Crippen molar-refractivity contribution in [2.24, 2.45) is 0 Å². The van der Waals surface area contributed by atoms with Crippen LogP contribution in [0.15, 0.2) is 9.85 Å². The van der Waals surface area contributed by atoms with Gasteiger partial charge in [-0.1, -0.05) is 18.5 Å². The summed E-state index contributed by atoms with van der Waals surface area (Å²) in [6.45, 7) is 3.99. The molecule has 0 radical (unpaired) electrons. The zero-order chi connectivity index (χ0) is 8.27. The number of hydrogen-bond acceptors (Lipinski definition) is 2. The molecule has 0 aliphatic heterocycles. The van der Waals surface area contributed by atoms with Crippen LogP contribution in [0.2, 0.25) is 5.02 Å². The first-order valence-electron chi connectivity index (χ1n) is 3.38. The van der Waals surface area contributed by atoms with Crippen LogP contribution >= 0.6 is 38.9 Å². The molecule has 1 nitrogen and oxygen atoms in total. The largest absolute Gasteiger partial charge is 0.312 e. The van der Waals surface area contributed by atoms with E-state index in [1.165, 1.54) is 4.88 Å². The van der Waals surface area contributed by atoms with Gasteiger partial charge < -0.3 is 5.32 Å². The molecule has 1 N–H and O–H groups in total. The van der Waals surface area contributed by atoms with Crippen LogP contribution in [0, 0.1) is 0 Å². The van der Waals surface area contributed by atoms with Crippen LogP contribution in [0.3, 0.4) is 0 Å². The maximum atomic E-state index is 5.84. The van der Waals surface area contributed by atoms with Gasteiger partial charge in [-0.2, -0.15) is 0 Å². The Balaban J connectivity index is 2.58. The van der Waals surface area contributed by atoms with Crippen LogP contribution in [-0.2, 0) is 6.54 Å². The SMILES string of the molecule is CCNCc1cc(Cl)c(Br)s1. The lowest BCUT2D eigenvalue weighted by Gasteiger charge is -1.94. The van der Waals surface area contributed by atoms with Crippen LogP contribution in [0.25, 0.3) is 0 Å². The Labute approximate surface area is 83.9 Å². The molecule has 1 rings (SSSR count). The minimum absolute atomic E-state index is 0.808. The summed E-state index contributed by atoms with van der Waals surface area (Å²) in [7, 11) is 0. The Morgan fingerprint density at radius 3 is 2.91 bits per heavy atom. The summed E-state index contributed by atoms with van der Waals surface area (Å²) in [6.07, 6.45) is 0. The van der Waals surface area contributed by atoms with E-state index in [1.807, 2.05) is 6.07 Å². The topological polar surface area (TPSA) is 12.0 Å². The van der Waals surface area contributed by atoms with E-state index in [2.05, 4.69) is 28.2 Å². The number of nitrogens with one attached hydrogen (secondary N) is 1. The van der Waals surface area contributed by atoms with Gasteiger partial charge >= 0.3 is 0 Å². The first-order valence-corrected chi connectivity index (χ1v) is 5.37. The van der Waals surface area contributed by atoms with Crippen molar-refractivity contribution in [2.45, 2.75) is 13.5 Å². The fourth-order valence-corrected chi connectivity index (χ4v) is 2.51. The van der Waals surface area contributed by atoms with Gasteiger partial charge in [0.05, 0.1) is 8.81 Å². The zero-order valence-corrected chi connectivity index (χ0v) is 9.31. The van der Waals surface area contributed by atoms with Crippen LogP contribution < -0.4 is 5.32 Å². The van der Waals surface area contributed by atoms with Gasteiger partial charge in [0.1, 0.15) is 0 Å². The molecule has 1 aromatic heterocycles. The van der Waals surface area contributed by atoms with Crippen molar-refractivity contribution < 1.29 is 0 Å². The normalized spacial score (nSPS) is 10.5.